The maximum Gasteiger partial charge on any atom is 0.203 e. The SMILES string of the molecule is COc1cc(C2=NCCn3cc(-c4cccc(O)c4)cc32)cc(OC)c1OC. The Kier molecular flexibility index (Phi) is 4.69. The topological polar surface area (TPSA) is 65.2 Å². The summed E-state index contributed by atoms with van der Waals surface area (Å²) in [6, 6.07) is 13.2. The van der Waals surface area contributed by atoms with Gasteiger partial charge in [-0.25, -0.2) is 0 Å². The lowest BCUT2D eigenvalue weighted by Gasteiger charge is -2.19. The van der Waals surface area contributed by atoms with Gasteiger partial charge < -0.3 is 23.9 Å². The molecule has 0 saturated heterocycles. The molecule has 0 fully saturated rings. The van der Waals surface area contributed by atoms with Crippen LogP contribution in [0.4, 0.5) is 0 Å². The summed E-state index contributed by atoms with van der Waals surface area (Å²) in [6.45, 7) is 1.50. The van der Waals surface area contributed by atoms with Crippen molar-refractivity contribution >= 4 is 5.71 Å². The van der Waals surface area contributed by atoms with Gasteiger partial charge in [-0.3, -0.25) is 4.99 Å². The highest BCUT2D eigenvalue weighted by Crippen LogP contribution is 2.39. The summed E-state index contributed by atoms with van der Waals surface area (Å²) in [5.74, 6) is 1.99. The third-order valence-corrected chi connectivity index (χ3v) is 4.87. The first-order chi connectivity index (χ1) is 13.6. The van der Waals surface area contributed by atoms with E-state index in [0.29, 0.717) is 23.8 Å². The Hall–Kier alpha value is -3.41. The summed E-state index contributed by atoms with van der Waals surface area (Å²) in [6.07, 6.45) is 2.09. The average molecular weight is 378 g/mol. The van der Waals surface area contributed by atoms with Crippen molar-refractivity contribution in [2.75, 3.05) is 27.9 Å². The maximum atomic E-state index is 9.80. The quantitative estimate of drug-likeness (QED) is 0.735. The van der Waals surface area contributed by atoms with Gasteiger partial charge in [-0.05, 0) is 35.9 Å². The number of aromatic hydroxyl groups is 1. The lowest BCUT2D eigenvalue weighted by molar-refractivity contribution is 0.324. The van der Waals surface area contributed by atoms with E-state index in [1.165, 1.54) is 0 Å². The number of phenols is 1. The number of hydrogen-bond acceptors (Lipinski definition) is 5. The maximum absolute atomic E-state index is 9.80. The lowest BCUT2D eigenvalue weighted by Crippen LogP contribution is -2.18. The molecule has 6 heteroatoms. The Labute approximate surface area is 163 Å². The van der Waals surface area contributed by atoms with Crippen LogP contribution in [0.15, 0.2) is 53.7 Å². The number of aliphatic imine (C=N–C) groups is 1. The number of ether oxygens (including phenoxy) is 3. The van der Waals surface area contributed by atoms with Crippen LogP contribution >= 0.6 is 0 Å². The molecule has 0 bridgehead atoms. The number of aromatic nitrogens is 1. The van der Waals surface area contributed by atoms with Crippen molar-refractivity contribution < 1.29 is 19.3 Å². The zero-order chi connectivity index (χ0) is 19.7. The Balaban J connectivity index is 1.81. The van der Waals surface area contributed by atoms with Gasteiger partial charge in [-0.15, -0.1) is 0 Å². The third-order valence-electron chi connectivity index (χ3n) is 4.87. The molecule has 0 spiro atoms. The molecule has 144 valence electrons. The predicted molar refractivity (Wildman–Crippen MR) is 108 cm³/mol. The Morgan fingerprint density at radius 1 is 0.893 bits per heavy atom. The summed E-state index contributed by atoms with van der Waals surface area (Å²) >= 11 is 0. The molecule has 6 nitrogen and oxygen atoms in total. The molecule has 0 amide bonds. The highest BCUT2D eigenvalue weighted by atomic mass is 16.5. The van der Waals surface area contributed by atoms with Gasteiger partial charge in [-0.2, -0.15) is 0 Å². The molecule has 2 aromatic carbocycles. The molecule has 1 aromatic heterocycles. The number of fused-ring (bicyclic) bond motifs is 1. The first kappa shape index (κ1) is 18.0. The first-order valence-electron chi connectivity index (χ1n) is 8.99. The zero-order valence-electron chi connectivity index (χ0n) is 16.1. The van der Waals surface area contributed by atoms with Gasteiger partial charge in [0.15, 0.2) is 11.5 Å². The normalized spacial score (nSPS) is 12.9. The van der Waals surface area contributed by atoms with Crippen molar-refractivity contribution in [1.29, 1.82) is 0 Å². The fourth-order valence-electron chi connectivity index (χ4n) is 3.55. The Bertz CT molecular complexity index is 1030. The summed E-state index contributed by atoms with van der Waals surface area (Å²) in [5, 5.41) is 9.80. The molecule has 3 aromatic rings. The number of rotatable bonds is 5. The fourth-order valence-corrected chi connectivity index (χ4v) is 3.55. The van der Waals surface area contributed by atoms with Crippen LogP contribution in [0.25, 0.3) is 11.1 Å². The number of phenolic OH excluding ortho intramolecular Hbond substituents is 1. The van der Waals surface area contributed by atoms with Crippen LogP contribution in [0.5, 0.6) is 23.0 Å². The average Bonchev–Trinajstić information content (AvgIpc) is 3.17. The van der Waals surface area contributed by atoms with Gasteiger partial charge in [0, 0.05) is 23.9 Å². The van der Waals surface area contributed by atoms with E-state index in [0.717, 1.165) is 34.6 Å². The van der Waals surface area contributed by atoms with Crippen LogP contribution in [0.3, 0.4) is 0 Å². The fraction of sp³-hybridized carbons (Fsp3) is 0.227. The van der Waals surface area contributed by atoms with Crippen LogP contribution in [-0.2, 0) is 6.54 Å². The molecule has 0 radical (unpaired) electrons. The van der Waals surface area contributed by atoms with Gasteiger partial charge in [-0.1, -0.05) is 12.1 Å². The van der Waals surface area contributed by atoms with Crippen molar-refractivity contribution in [3.05, 3.63) is 59.9 Å². The highest BCUT2D eigenvalue weighted by Gasteiger charge is 2.22. The second-order valence-corrected chi connectivity index (χ2v) is 6.50. The molecule has 1 N–H and O–H groups in total. The molecule has 2 heterocycles. The summed E-state index contributed by atoms with van der Waals surface area (Å²) in [7, 11) is 4.80. The lowest BCUT2D eigenvalue weighted by atomic mass is 10.0. The number of hydrogen-bond donors (Lipinski definition) is 1. The van der Waals surface area contributed by atoms with Gasteiger partial charge >= 0.3 is 0 Å². The van der Waals surface area contributed by atoms with Crippen LogP contribution in [-0.4, -0.2) is 43.3 Å². The van der Waals surface area contributed by atoms with Crippen LogP contribution in [0.2, 0.25) is 0 Å². The van der Waals surface area contributed by atoms with E-state index < -0.39 is 0 Å². The van der Waals surface area contributed by atoms with Gasteiger partial charge in [0.05, 0.1) is 39.3 Å². The predicted octanol–water partition coefficient (Wildman–Crippen LogP) is 3.74. The standard InChI is InChI=1S/C22H22N2O4/c1-26-19-11-15(12-20(27-2)22(19)28-3)21-18-10-16(13-24(18)8-7-23-21)14-5-4-6-17(25)9-14/h4-6,9-13,25H,7-8H2,1-3H3. The van der Waals surface area contributed by atoms with Gasteiger partial charge in [0.1, 0.15) is 5.75 Å². The smallest absolute Gasteiger partial charge is 0.203 e. The van der Waals surface area contributed by atoms with Crippen molar-refractivity contribution in [1.82, 2.24) is 4.57 Å². The molecule has 0 aliphatic carbocycles. The van der Waals surface area contributed by atoms with E-state index in [4.69, 9.17) is 19.2 Å². The van der Waals surface area contributed by atoms with E-state index in [2.05, 4.69) is 16.8 Å². The largest absolute Gasteiger partial charge is 0.508 e. The molecular formula is C22H22N2O4. The molecule has 0 unspecified atom stereocenters. The van der Waals surface area contributed by atoms with Gasteiger partial charge in [0.25, 0.3) is 0 Å². The second-order valence-electron chi connectivity index (χ2n) is 6.50. The van der Waals surface area contributed by atoms with E-state index in [1.54, 1.807) is 33.5 Å². The number of nitrogens with zero attached hydrogens (tertiary/aromatic N) is 2. The molecule has 1 aliphatic rings. The first-order valence-corrected chi connectivity index (χ1v) is 8.99. The highest BCUT2D eigenvalue weighted by molar-refractivity contribution is 6.13. The molecule has 0 atom stereocenters. The molecule has 4 rings (SSSR count). The summed E-state index contributed by atoms with van der Waals surface area (Å²) in [5.41, 5.74) is 4.78. The van der Waals surface area contributed by atoms with Crippen LogP contribution in [0, 0.1) is 0 Å². The van der Waals surface area contributed by atoms with Crippen molar-refractivity contribution in [2.45, 2.75) is 6.54 Å². The van der Waals surface area contributed by atoms with Crippen molar-refractivity contribution in [2.24, 2.45) is 4.99 Å². The molecule has 28 heavy (non-hydrogen) atoms. The van der Waals surface area contributed by atoms with Crippen molar-refractivity contribution in [3.63, 3.8) is 0 Å². The minimum Gasteiger partial charge on any atom is -0.508 e. The minimum absolute atomic E-state index is 0.250. The monoisotopic (exact) mass is 378 g/mol. The minimum atomic E-state index is 0.250. The summed E-state index contributed by atoms with van der Waals surface area (Å²) in [4.78, 5) is 4.77. The van der Waals surface area contributed by atoms with Crippen molar-refractivity contribution in [3.8, 4) is 34.1 Å². The van der Waals surface area contributed by atoms with Gasteiger partial charge in [0.2, 0.25) is 5.75 Å². The summed E-state index contributed by atoms with van der Waals surface area (Å²) < 4.78 is 18.6. The molecular weight excluding hydrogens is 356 g/mol. The Morgan fingerprint density at radius 2 is 1.64 bits per heavy atom. The van der Waals surface area contributed by atoms with E-state index in [-0.39, 0.29) is 5.75 Å². The Morgan fingerprint density at radius 3 is 2.29 bits per heavy atom. The van der Waals surface area contributed by atoms with E-state index in [9.17, 15) is 5.11 Å². The number of benzene rings is 2. The second kappa shape index (κ2) is 7.31. The van der Waals surface area contributed by atoms with Crippen LogP contribution in [0.1, 0.15) is 11.3 Å². The molecule has 0 saturated carbocycles. The van der Waals surface area contributed by atoms with Crippen LogP contribution < -0.4 is 14.2 Å². The van der Waals surface area contributed by atoms with E-state index >= 15 is 0 Å². The zero-order valence-corrected chi connectivity index (χ0v) is 16.1. The molecule has 1 aliphatic heterocycles. The number of methoxy groups -OCH3 is 3. The third kappa shape index (κ3) is 3.07. The van der Waals surface area contributed by atoms with E-state index in [1.807, 2.05) is 24.3 Å².